The molecule has 0 heterocycles. The second-order valence-corrected chi connectivity index (χ2v) is 5.62. The van der Waals surface area contributed by atoms with E-state index in [-0.39, 0.29) is 11.8 Å². The van der Waals surface area contributed by atoms with E-state index < -0.39 is 5.41 Å². The van der Waals surface area contributed by atoms with Crippen LogP contribution in [-0.4, -0.2) is 24.9 Å². The molecule has 2 amide bonds. The van der Waals surface area contributed by atoms with Crippen molar-refractivity contribution in [3.8, 4) is 0 Å². The third kappa shape index (κ3) is 3.12. The van der Waals surface area contributed by atoms with Gasteiger partial charge in [0.25, 0.3) is 0 Å². The second-order valence-electron chi connectivity index (χ2n) is 5.18. The maximum absolute atomic E-state index is 12.4. The molecule has 1 aromatic rings. The normalized spacial score (nSPS) is 16.1. The third-order valence-corrected chi connectivity index (χ3v) is 4.08. The molecule has 1 aromatic carbocycles. The van der Waals surface area contributed by atoms with Crippen LogP contribution in [0.2, 0.25) is 5.02 Å². The van der Waals surface area contributed by atoms with E-state index >= 15 is 0 Å². The van der Waals surface area contributed by atoms with Crippen molar-refractivity contribution in [3.05, 3.63) is 34.9 Å². The number of halogens is 1. The fourth-order valence-corrected chi connectivity index (χ4v) is 2.66. The molecule has 20 heavy (non-hydrogen) atoms. The minimum atomic E-state index is -0.416. The molecule has 0 bridgehead atoms. The lowest BCUT2D eigenvalue weighted by atomic mass is 9.64. The zero-order chi connectivity index (χ0) is 14.6. The number of hydrogen-bond donors (Lipinski definition) is 2. The number of carbonyl (C=O) groups is 2. The molecule has 1 saturated carbocycles. The quantitative estimate of drug-likeness (QED) is 0.816. The molecule has 0 spiro atoms. The van der Waals surface area contributed by atoms with Gasteiger partial charge in [0.15, 0.2) is 0 Å². The van der Waals surface area contributed by atoms with Crippen molar-refractivity contribution in [3.63, 3.8) is 0 Å². The Kier molecular flexibility index (Phi) is 4.65. The molecule has 5 heteroatoms. The van der Waals surface area contributed by atoms with Crippen LogP contribution in [0.3, 0.4) is 0 Å². The molecule has 1 aliphatic carbocycles. The predicted octanol–water partition coefficient (Wildman–Crippen LogP) is 2.01. The molecule has 2 N–H and O–H groups in total. The molecule has 0 atom stereocenters. The van der Waals surface area contributed by atoms with Gasteiger partial charge >= 0.3 is 0 Å². The highest BCUT2D eigenvalue weighted by atomic mass is 35.5. The van der Waals surface area contributed by atoms with Crippen LogP contribution >= 0.6 is 11.6 Å². The Bertz CT molecular complexity index is 495. The summed E-state index contributed by atoms with van der Waals surface area (Å²) in [5, 5.41) is 6.25. The fraction of sp³-hybridized carbons (Fsp3) is 0.467. The van der Waals surface area contributed by atoms with Gasteiger partial charge in [0.2, 0.25) is 11.8 Å². The molecule has 108 valence electrons. The SMILES string of the molecule is CC(=O)NCCNC(=O)C1(c2ccc(Cl)cc2)CCC1. The van der Waals surface area contributed by atoms with Crippen LogP contribution in [-0.2, 0) is 15.0 Å². The van der Waals surface area contributed by atoms with Crippen LogP contribution in [0, 0.1) is 0 Å². The maximum Gasteiger partial charge on any atom is 0.230 e. The van der Waals surface area contributed by atoms with Crippen molar-refractivity contribution in [2.24, 2.45) is 0 Å². The predicted molar refractivity (Wildman–Crippen MR) is 78.7 cm³/mol. The first-order chi connectivity index (χ1) is 9.54. The van der Waals surface area contributed by atoms with E-state index in [0.717, 1.165) is 24.8 Å². The number of amides is 2. The van der Waals surface area contributed by atoms with Crippen LogP contribution in [0.15, 0.2) is 24.3 Å². The Balaban J connectivity index is 1.98. The summed E-state index contributed by atoms with van der Waals surface area (Å²) in [6.07, 6.45) is 2.78. The molecule has 2 rings (SSSR count). The monoisotopic (exact) mass is 294 g/mol. The molecular weight excluding hydrogens is 276 g/mol. The lowest BCUT2D eigenvalue weighted by molar-refractivity contribution is -0.130. The molecule has 4 nitrogen and oxygen atoms in total. The summed E-state index contributed by atoms with van der Waals surface area (Å²) in [6, 6.07) is 7.49. The Morgan fingerprint density at radius 1 is 1.15 bits per heavy atom. The Labute approximate surface area is 123 Å². The minimum Gasteiger partial charge on any atom is -0.355 e. The van der Waals surface area contributed by atoms with Gasteiger partial charge in [-0.2, -0.15) is 0 Å². The number of benzene rings is 1. The average Bonchev–Trinajstić information content (AvgIpc) is 2.35. The molecule has 0 unspecified atom stereocenters. The Morgan fingerprint density at radius 3 is 2.25 bits per heavy atom. The van der Waals surface area contributed by atoms with Crippen LogP contribution in [0.5, 0.6) is 0 Å². The van der Waals surface area contributed by atoms with Crippen LogP contribution < -0.4 is 10.6 Å². The summed E-state index contributed by atoms with van der Waals surface area (Å²) in [5.74, 6) is -0.0493. The molecule has 0 saturated heterocycles. The van der Waals surface area contributed by atoms with Crippen molar-refractivity contribution in [2.75, 3.05) is 13.1 Å². The summed E-state index contributed by atoms with van der Waals surface area (Å²) >= 11 is 5.89. The van der Waals surface area contributed by atoms with Gasteiger partial charge in [-0.3, -0.25) is 9.59 Å². The molecule has 0 aliphatic heterocycles. The summed E-state index contributed by atoms with van der Waals surface area (Å²) in [5.41, 5.74) is 0.603. The highest BCUT2D eigenvalue weighted by molar-refractivity contribution is 6.30. The van der Waals surface area contributed by atoms with E-state index in [9.17, 15) is 9.59 Å². The van der Waals surface area contributed by atoms with E-state index in [1.165, 1.54) is 6.92 Å². The smallest absolute Gasteiger partial charge is 0.230 e. The molecule has 0 aromatic heterocycles. The number of rotatable bonds is 5. The van der Waals surface area contributed by atoms with Gasteiger partial charge in [-0.05, 0) is 30.5 Å². The maximum atomic E-state index is 12.4. The van der Waals surface area contributed by atoms with Gasteiger partial charge in [0.1, 0.15) is 0 Å². The molecule has 1 fully saturated rings. The van der Waals surface area contributed by atoms with E-state index in [1.807, 2.05) is 24.3 Å². The first-order valence-corrected chi connectivity index (χ1v) is 7.21. The minimum absolute atomic E-state index is 0.0384. The van der Waals surface area contributed by atoms with Crippen LogP contribution in [0.1, 0.15) is 31.7 Å². The molecule has 1 aliphatic rings. The van der Waals surface area contributed by atoms with Crippen molar-refractivity contribution in [2.45, 2.75) is 31.6 Å². The Morgan fingerprint density at radius 2 is 1.75 bits per heavy atom. The summed E-state index contributed by atoms with van der Waals surface area (Å²) in [7, 11) is 0. The molecule has 0 radical (unpaired) electrons. The standard InChI is InChI=1S/C15H19ClN2O2/c1-11(19)17-9-10-18-14(20)15(7-2-8-15)12-3-5-13(16)6-4-12/h3-6H,2,7-10H2,1H3,(H,17,19)(H,18,20). The van der Waals surface area contributed by atoms with E-state index in [1.54, 1.807) is 0 Å². The van der Waals surface area contributed by atoms with E-state index in [4.69, 9.17) is 11.6 Å². The van der Waals surface area contributed by atoms with Crippen LogP contribution in [0.25, 0.3) is 0 Å². The highest BCUT2D eigenvalue weighted by Gasteiger charge is 2.45. The van der Waals surface area contributed by atoms with E-state index in [0.29, 0.717) is 18.1 Å². The fourth-order valence-electron chi connectivity index (χ4n) is 2.53. The topological polar surface area (TPSA) is 58.2 Å². The largest absolute Gasteiger partial charge is 0.355 e. The van der Waals surface area contributed by atoms with Crippen molar-refractivity contribution in [1.29, 1.82) is 0 Å². The molecular formula is C15H19ClN2O2. The second kappa shape index (κ2) is 6.27. The van der Waals surface area contributed by atoms with Crippen molar-refractivity contribution in [1.82, 2.24) is 10.6 Å². The number of hydrogen-bond acceptors (Lipinski definition) is 2. The van der Waals surface area contributed by atoms with Gasteiger partial charge in [-0.15, -0.1) is 0 Å². The summed E-state index contributed by atoms with van der Waals surface area (Å²) in [6.45, 7) is 2.37. The van der Waals surface area contributed by atoms with Gasteiger partial charge < -0.3 is 10.6 Å². The van der Waals surface area contributed by atoms with E-state index in [2.05, 4.69) is 10.6 Å². The van der Waals surface area contributed by atoms with Crippen molar-refractivity contribution < 1.29 is 9.59 Å². The van der Waals surface area contributed by atoms with Gasteiger partial charge in [0.05, 0.1) is 5.41 Å². The number of nitrogens with one attached hydrogen (secondary N) is 2. The average molecular weight is 295 g/mol. The zero-order valence-electron chi connectivity index (χ0n) is 11.5. The highest BCUT2D eigenvalue weighted by Crippen LogP contribution is 2.44. The third-order valence-electron chi connectivity index (χ3n) is 3.82. The Hall–Kier alpha value is -1.55. The first kappa shape index (κ1) is 14.9. The van der Waals surface area contributed by atoms with Crippen molar-refractivity contribution >= 4 is 23.4 Å². The van der Waals surface area contributed by atoms with Gasteiger partial charge in [-0.1, -0.05) is 30.2 Å². The van der Waals surface area contributed by atoms with Crippen LogP contribution in [0.4, 0.5) is 0 Å². The lowest BCUT2D eigenvalue weighted by Crippen LogP contribution is -2.50. The lowest BCUT2D eigenvalue weighted by Gasteiger charge is -2.40. The van der Waals surface area contributed by atoms with Gasteiger partial charge in [-0.25, -0.2) is 0 Å². The summed E-state index contributed by atoms with van der Waals surface area (Å²) in [4.78, 5) is 23.2. The van der Waals surface area contributed by atoms with Gasteiger partial charge in [0, 0.05) is 25.0 Å². The number of carbonyl (C=O) groups excluding carboxylic acids is 2. The summed E-state index contributed by atoms with van der Waals surface area (Å²) < 4.78 is 0. The first-order valence-electron chi connectivity index (χ1n) is 6.83. The zero-order valence-corrected chi connectivity index (χ0v) is 12.3.